The van der Waals surface area contributed by atoms with E-state index in [1.165, 1.54) is 23.4 Å². The lowest BCUT2D eigenvalue weighted by molar-refractivity contribution is 0.0600. The molecule has 0 bridgehead atoms. The van der Waals surface area contributed by atoms with Crippen LogP contribution in [0.1, 0.15) is 28.9 Å². The third kappa shape index (κ3) is 4.35. The number of para-hydroxylation sites is 2. The second-order valence-corrected chi connectivity index (χ2v) is 8.55. The maximum atomic E-state index is 11.8. The Hall–Kier alpha value is -3.83. The van der Waals surface area contributed by atoms with E-state index < -0.39 is 0 Å². The molecule has 34 heavy (non-hydrogen) atoms. The van der Waals surface area contributed by atoms with Crippen LogP contribution in [-0.2, 0) is 4.74 Å². The summed E-state index contributed by atoms with van der Waals surface area (Å²) in [6, 6.07) is 30.7. The predicted molar refractivity (Wildman–Crippen MR) is 136 cm³/mol. The molecule has 4 aromatic carbocycles. The number of rotatable bonds is 6. The summed E-state index contributed by atoms with van der Waals surface area (Å²) in [6.45, 7) is 3.60. The number of carbonyl (C=O) groups is 1. The van der Waals surface area contributed by atoms with Gasteiger partial charge in [-0.1, -0.05) is 54.6 Å². The average molecular weight is 453 g/mol. The lowest BCUT2D eigenvalue weighted by Gasteiger charge is -2.37. The molecule has 0 radical (unpaired) electrons. The smallest absolute Gasteiger partial charge is 0.337 e. The highest BCUT2D eigenvalue weighted by Gasteiger charge is 2.27. The summed E-state index contributed by atoms with van der Waals surface area (Å²) in [5, 5.41) is 6.20. The van der Waals surface area contributed by atoms with E-state index in [4.69, 9.17) is 9.47 Å². The Kier molecular flexibility index (Phi) is 6.19. The van der Waals surface area contributed by atoms with Crippen molar-refractivity contribution in [3.05, 3.63) is 102 Å². The monoisotopic (exact) mass is 452 g/mol. The van der Waals surface area contributed by atoms with E-state index >= 15 is 0 Å². The fourth-order valence-corrected chi connectivity index (χ4v) is 4.59. The van der Waals surface area contributed by atoms with Gasteiger partial charge in [0.05, 0.1) is 24.9 Å². The number of anilines is 2. The molecular formula is C29H28N2O3. The van der Waals surface area contributed by atoms with E-state index in [0.717, 1.165) is 17.1 Å². The Morgan fingerprint density at radius 2 is 1.74 bits per heavy atom. The molecule has 4 aromatic rings. The van der Waals surface area contributed by atoms with Crippen LogP contribution in [0.3, 0.4) is 0 Å². The van der Waals surface area contributed by atoms with Gasteiger partial charge in [0.1, 0.15) is 11.9 Å². The summed E-state index contributed by atoms with van der Waals surface area (Å²) >= 11 is 0. The molecule has 172 valence electrons. The minimum Gasteiger partial charge on any atom is -0.485 e. The largest absolute Gasteiger partial charge is 0.485 e. The Morgan fingerprint density at radius 1 is 1.00 bits per heavy atom. The molecule has 1 N–H and O–H groups in total. The highest BCUT2D eigenvalue weighted by molar-refractivity contribution is 5.90. The molecule has 2 unspecified atom stereocenters. The van der Waals surface area contributed by atoms with Crippen molar-refractivity contribution in [2.24, 2.45) is 0 Å². The molecule has 5 rings (SSSR count). The van der Waals surface area contributed by atoms with E-state index in [2.05, 4.69) is 65.7 Å². The molecule has 1 aliphatic heterocycles. The average Bonchev–Trinajstić information content (AvgIpc) is 2.90. The molecule has 5 nitrogen and oxygen atoms in total. The number of benzene rings is 4. The number of fused-ring (bicyclic) bond motifs is 2. The summed E-state index contributed by atoms with van der Waals surface area (Å²) in [5.41, 5.74) is 3.85. The van der Waals surface area contributed by atoms with Gasteiger partial charge in [0.2, 0.25) is 0 Å². The number of hydrogen-bond donors (Lipinski definition) is 1. The van der Waals surface area contributed by atoms with Gasteiger partial charge in [-0.25, -0.2) is 4.79 Å². The van der Waals surface area contributed by atoms with Crippen LogP contribution in [-0.4, -0.2) is 32.3 Å². The fourth-order valence-electron chi connectivity index (χ4n) is 4.59. The molecule has 1 heterocycles. The molecular weight excluding hydrogens is 424 g/mol. The van der Waals surface area contributed by atoms with E-state index in [9.17, 15) is 4.79 Å². The van der Waals surface area contributed by atoms with E-state index in [1.54, 1.807) is 12.1 Å². The van der Waals surface area contributed by atoms with Gasteiger partial charge in [0.25, 0.3) is 0 Å². The topological polar surface area (TPSA) is 50.8 Å². The van der Waals surface area contributed by atoms with Gasteiger partial charge in [-0.3, -0.25) is 0 Å². The molecule has 5 heteroatoms. The van der Waals surface area contributed by atoms with Crippen LogP contribution < -0.4 is 15.0 Å². The molecule has 1 aliphatic rings. The first-order chi connectivity index (χ1) is 16.6. The van der Waals surface area contributed by atoms with Gasteiger partial charge in [-0.15, -0.1) is 0 Å². The zero-order valence-corrected chi connectivity index (χ0v) is 19.4. The lowest BCUT2D eigenvalue weighted by atomic mass is 9.99. The minimum absolute atomic E-state index is 0.0346. The summed E-state index contributed by atoms with van der Waals surface area (Å²) in [6.07, 6.45) is -0.0346. The van der Waals surface area contributed by atoms with Gasteiger partial charge in [0.15, 0.2) is 0 Å². The van der Waals surface area contributed by atoms with Crippen molar-refractivity contribution in [3.8, 4) is 5.75 Å². The number of ether oxygens (including phenoxy) is 2. The van der Waals surface area contributed by atoms with Gasteiger partial charge in [0, 0.05) is 18.3 Å². The summed E-state index contributed by atoms with van der Waals surface area (Å²) in [5.74, 6) is 0.522. The number of carbonyl (C=O) groups excluding carboxylic acids is 1. The Balaban J connectivity index is 1.35. The molecule has 0 aromatic heterocycles. The quantitative estimate of drug-likeness (QED) is 0.371. The van der Waals surface area contributed by atoms with Gasteiger partial charge >= 0.3 is 5.97 Å². The summed E-state index contributed by atoms with van der Waals surface area (Å²) < 4.78 is 11.2. The van der Waals surface area contributed by atoms with Crippen molar-refractivity contribution < 1.29 is 14.3 Å². The van der Waals surface area contributed by atoms with Gasteiger partial charge < -0.3 is 19.7 Å². The van der Waals surface area contributed by atoms with Crippen molar-refractivity contribution in [2.45, 2.75) is 19.1 Å². The normalized spacial score (nSPS) is 15.9. The third-order valence-electron chi connectivity index (χ3n) is 6.38. The van der Waals surface area contributed by atoms with Crippen LogP contribution in [0.15, 0.2) is 91.0 Å². The third-order valence-corrected chi connectivity index (χ3v) is 6.38. The van der Waals surface area contributed by atoms with Crippen LogP contribution in [0, 0.1) is 0 Å². The first-order valence-corrected chi connectivity index (χ1v) is 11.6. The second-order valence-electron chi connectivity index (χ2n) is 8.55. The first kappa shape index (κ1) is 22.0. The highest BCUT2D eigenvalue weighted by Crippen LogP contribution is 2.38. The lowest BCUT2D eigenvalue weighted by Crippen LogP contribution is -2.44. The van der Waals surface area contributed by atoms with Crippen molar-refractivity contribution in [3.63, 3.8) is 0 Å². The van der Waals surface area contributed by atoms with E-state index in [1.807, 2.05) is 30.3 Å². The molecule has 0 saturated heterocycles. The second kappa shape index (κ2) is 9.57. The van der Waals surface area contributed by atoms with Crippen LogP contribution in [0.2, 0.25) is 0 Å². The van der Waals surface area contributed by atoms with Crippen molar-refractivity contribution >= 4 is 28.1 Å². The van der Waals surface area contributed by atoms with Gasteiger partial charge in [-0.2, -0.15) is 0 Å². The number of methoxy groups -OCH3 is 1. The first-order valence-electron chi connectivity index (χ1n) is 11.6. The van der Waals surface area contributed by atoms with Crippen LogP contribution >= 0.6 is 0 Å². The van der Waals surface area contributed by atoms with Crippen LogP contribution in [0.5, 0.6) is 5.75 Å². The Labute approximate surface area is 199 Å². The molecule has 0 saturated carbocycles. The summed E-state index contributed by atoms with van der Waals surface area (Å²) in [7, 11) is 1.39. The molecule has 0 spiro atoms. The van der Waals surface area contributed by atoms with E-state index in [-0.39, 0.29) is 18.1 Å². The Bertz CT molecular complexity index is 1300. The highest BCUT2D eigenvalue weighted by atomic mass is 16.5. The number of esters is 1. The molecule has 2 atom stereocenters. The summed E-state index contributed by atoms with van der Waals surface area (Å²) in [4.78, 5) is 14.1. The van der Waals surface area contributed by atoms with Crippen molar-refractivity contribution in [1.82, 2.24) is 5.32 Å². The number of nitrogens with zero attached hydrogens (tertiary/aromatic N) is 1. The SMILES string of the molecule is COC(=O)c1ccc(N2CC(CNC(C)c3cccc4ccccc34)Oc3ccccc32)cc1. The van der Waals surface area contributed by atoms with Gasteiger partial charge in [-0.05, 0) is 59.7 Å². The van der Waals surface area contributed by atoms with Crippen molar-refractivity contribution in [2.75, 3.05) is 25.1 Å². The van der Waals surface area contributed by atoms with Crippen molar-refractivity contribution in [1.29, 1.82) is 0 Å². The Morgan fingerprint density at radius 3 is 2.56 bits per heavy atom. The fraction of sp³-hybridized carbons (Fsp3) is 0.207. The maximum absolute atomic E-state index is 11.8. The molecule has 0 aliphatic carbocycles. The number of nitrogens with one attached hydrogen (secondary N) is 1. The minimum atomic E-state index is -0.335. The number of hydrogen-bond acceptors (Lipinski definition) is 5. The maximum Gasteiger partial charge on any atom is 0.337 e. The predicted octanol–water partition coefficient (Wildman–Crippen LogP) is 5.88. The molecule has 0 amide bonds. The van der Waals surface area contributed by atoms with Crippen LogP contribution in [0.4, 0.5) is 11.4 Å². The molecule has 0 fully saturated rings. The zero-order valence-electron chi connectivity index (χ0n) is 19.4. The van der Waals surface area contributed by atoms with E-state index in [0.29, 0.717) is 18.7 Å². The standard InChI is InChI=1S/C29H28N2O3/c1-20(25-11-7-9-21-8-3-4-10-26(21)25)30-18-24-19-31(27-12-5-6-13-28(27)34-24)23-16-14-22(15-17-23)29(32)33-2/h3-17,20,24,30H,18-19H2,1-2H3. The van der Waals surface area contributed by atoms with Crippen LogP contribution in [0.25, 0.3) is 10.8 Å². The zero-order chi connectivity index (χ0) is 23.5.